The van der Waals surface area contributed by atoms with Gasteiger partial charge in [0, 0.05) is 11.3 Å². The molecule has 158 valence electrons. The Morgan fingerprint density at radius 1 is 1.23 bits per heavy atom. The average molecular weight is 455 g/mol. The lowest BCUT2D eigenvalue weighted by Gasteiger charge is -2.23. The molecule has 0 bridgehead atoms. The van der Waals surface area contributed by atoms with Crippen LogP contribution in [0.25, 0.3) is 0 Å². The molecule has 1 fully saturated rings. The number of urea groups is 1. The standard InChI is InChI=1S/C21H18N4O4S2/c1-21(17-7-2-8-29-17)19(27)24(20(28)22-21)12-18(26)25-14(16-6-4-10-31-16)11-13(23-25)15-5-3-9-30-15/h2-10,14H,11-12H2,1H3,(H,22,28)/t14-,21-/m0/s1. The van der Waals surface area contributed by atoms with Crippen molar-refractivity contribution >= 4 is 46.2 Å². The molecule has 0 spiro atoms. The number of nitrogens with zero attached hydrogens (tertiary/aromatic N) is 3. The third kappa shape index (κ3) is 3.28. The molecule has 1 N–H and O–H groups in total. The molecule has 3 aromatic rings. The zero-order valence-electron chi connectivity index (χ0n) is 16.5. The largest absolute Gasteiger partial charge is 0.466 e. The van der Waals surface area contributed by atoms with E-state index in [-0.39, 0.29) is 6.04 Å². The van der Waals surface area contributed by atoms with Crippen LogP contribution in [-0.2, 0) is 15.1 Å². The quantitative estimate of drug-likeness (QED) is 0.597. The SMILES string of the molecule is C[C@@]1(c2ccco2)NC(=O)N(CC(=O)N2N=C(c3cccs3)C[C@H]2c2cccs2)C1=O. The summed E-state index contributed by atoms with van der Waals surface area (Å²) in [4.78, 5) is 41.7. The summed E-state index contributed by atoms with van der Waals surface area (Å²) in [7, 11) is 0. The molecule has 0 saturated carbocycles. The van der Waals surface area contributed by atoms with Gasteiger partial charge in [-0.2, -0.15) is 5.10 Å². The van der Waals surface area contributed by atoms with E-state index in [9.17, 15) is 14.4 Å². The van der Waals surface area contributed by atoms with Crippen LogP contribution >= 0.6 is 22.7 Å². The number of imide groups is 1. The third-order valence-electron chi connectivity index (χ3n) is 5.43. The van der Waals surface area contributed by atoms with Gasteiger partial charge in [0.1, 0.15) is 12.3 Å². The summed E-state index contributed by atoms with van der Waals surface area (Å²) in [6, 6.07) is 10.2. The monoisotopic (exact) mass is 454 g/mol. The van der Waals surface area contributed by atoms with Crippen LogP contribution in [0.4, 0.5) is 4.79 Å². The minimum Gasteiger partial charge on any atom is -0.466 e. The average Bonchev–Trinajstić information content (AvgIpc) is 3.57. The Balaban J connectivity index is 1.40. The third-order valence-corrected chi connectivity index (χ3v) is 7.32. The lowest BCUT2D eigenvalue weighted by Crippen LogP contribution is -2.43. The van der Waals surface area contributed by atoms with Crippen molar-refractivity contribution in [2.24, 2.45) is 5.10 Å². The van der Waals surface area contributed by atoms with Crippen molar-refractivity contribution in [3.8, 4) is 0 Å². The van der Waals surface area contributed by atoms with Crippen LogP contribution < -0.4 is 5.32 Å². The van der Waals surface area contributed by atoms with Crippen LogP contribution in [0.2, 0.25) is 0 Å². The first-order chi connectivity index (χ1) is 15.0. The Labute approximate surface area is 185 Å². The van der Waals surface area contributed by atoms with E-state index < -0.39 is 29.9 Å². The first kappa shape index (κ1) is 19.7. The van der Waals surface area contributed by atoms with Crippen molar-refractivity contribution in [1.29, 1.82) is 0 Å². The van der Waals surface area contributed by atoms with E-state index in [0.717, 1.165) is 20.4 Å². The van der Waals surface area contributed by atoms with Gasteiger partial charge >= 0.3 is 6.03 Å². The first-order valence-electron chi connectivity index (χ1n) is 9.62. The van der Waals surface area contributed by atoms with Gasteiger partial charge in [0.05, 0.1) is 22.9 Å². The smallest absolute Gasteiger partial charge is 0.325 e. The molecule has 3 aromatic heterocycles. The maximum atomic E-state index is 13.2. The number of hydrogen-bond acceptors (Lipinski definition) is 7. The van der Waals surface area contributed by atoms with E-state index in [2.05, 4.69) is 10.4 Å². The highest BCUT2D eigenvalue weighted by Crippen LogP contribution is 2.36. The summed E-state index contributed by atoms with van der Waals surface area (Å²) in [5, 5.41) is 12.5. The second-order valence-corrected chi connectivity index (χ2v) is 9.35. The highest BCUT2D eigenvalue weighted by molar-refractivity contribution is 7.12. The molecule has 5 rings (SSSR count). The summed E-state index contributed by atoms with van der Waals surface area (Å²) >= 11 is 3.11. The lowest BCUT2D eigenvalue weighted by molar-refractivity contribution is -0.140. The zero-order chi connectivity index (χ0) is 21.6. The van der Waals surface area contributed by atoms with Crippen molar-refractivity contribution in [2.75, 3.05) is 6.54 Å². The summed E-state index contributed by atoms with van der Waals surface area (Å²) in [5.74, 6) is -0.635. The Bertz CT molecular complexity index is 1150. The van der Waals surface area contributed by atoms with Crippen LogP contribution in [-0.4, -0.2) is 40.0 Å². The summed E-state index contributed by atoms with van der Waals surface area (Å²) in [6.45, 7) is 1.16. The Hall–Kier alpha value is -3.24. The molecule has 2 atom stereocenters. The molecule has 1 saturated heterocycles. The van der Waals surface area contributed by atoms with E-state index >= 15 is 0 Å². The Morgan fingerprint density at radius 3 is 2.71 bits per heavy atom. The molecule has 2 aliphatic rings. The predicted molar refractivity (Wildman–Crippen MR) is 116 cm³/mol. The highest BCUT2D eigenvalue weighted by atomic mass is 32.1. The van der Waals surface area contributed by atoms with Gasteiger partial charge < -0.3 is 9.73 Å². The lowest BCUT2D eigenvalue weighted by atomic mass is 9.99. The topological polar surface area (TPSA) is 95.2 Å². The van der Waals surface area contributed by atoms with Gasteiger partial charge in [0.2, 0.25) is 0 Å². The van der Waals surface area contributed by atoms with Crippen molar-refractivity contribution in [2.45, 2.75) is 24.9 Å². The van der Waals surface area contributed by atoms with Crippen LogP contribution in [0, 0.1) is 0 Å². The number of thiophene rings is 2. The predicted octanol–water partition coefficient (Wildman–Crippen LogP) is 3.55. The maximum absolute atomic E-state index is 13.2. The minimum atomic E-state index is -1.34. The van der Waals surface area contributed by atoms with E-state index in [0.29, 0.717) is 12.2 Å². The van der Waals surface area contributed by atoms with Gasteiger partial charge in [-0.05, 0) is 41.9 Å². The van der Waals surface area contributed by atoms with Crippen molar-refractivity contribution in [1.82, 2.24) is 15.2 Å². The first-order valence-corrected chi connectivity index (χ1v) is 11.4. The number of furan rings is 1. The molecule has 0 aliphatic carbocycles. The number of hydrazone groups is 1. The van der Waals surface area contributed by atoms with Gasteiger partial charge in [-0.3, -0.25) is 14.5 Å². The van der Waals surface area contributed by atoms with Gasteiger partial charge in [0.15, 0.2) is 5.54 Å². The molecule has 10 heteroatoms. The molecule has 0 unspecified atom stereocenters. The van der Waals surface area contributed by atoms with Gasteiger partial charge in [-0.15, -0.1) is 22.7 Å². The van der Waals surface area contributed by atoms with E-state index in [4.69, 9.17) is 4.42 Å². The van der Waals surface area contributed by atoms with Gasteiger partial charge in [0.25, 0.3) is 11.8 Å². The molecule has 2 aliphatic heterocycles. The number of amides is 4. The molecule has 0 radical (unpaired) electrons. The molecule has 31 heavy (non-hydrogen) atoms. The fourth-order valence-corrected chi connectivity index (χ4v) is 5.35. The van der Waals surface area contributed by atoms with Crippen LogP contribution in [0.5, 0.6) is 0 Å². The number of rotatable bonds is 5. The second kappa shape index (κ2) is 7.47. The number of hydrogen-bond donors (Lipinski definition) is 1. The van der Waals surface area contributed by atoms with Gasteiger partial charge in [-0.1, -0.05) is 12.1 Å². The zero-order valence-corrected chi connectivity index (χ0v) is 18.1. The second-order valence-electron chi connectivity index (χ2n) is 7.42. The summed E-state index contributed by atoms with van der Waals surface area (Å²) in [6.07, 6.45) is 2.02. The van der Waals surface area contributed by atoms with Crippen LogP contribution in [0.1, 0.15) is 34.9 Å². The highest BCUT2D eigenvalue weighted by Gasteiger charge is 2.52. The van der Waals surface area contributed by atoms with Crippen molar-refractivity contribution in [3.05, 3.63) is 68.9 Å². The van der Waals surface area contributed by atoms with E-state index in [1.807, 2.05) is 35.0 Å². The molecule has 8 nitrogen and oxygen atoms in total. The minimum absolute atomic E-state index is 0.262. The normalized spacial score (nSPS) is 23.4. The number of nitrogens with one attached hydrogen (secondary N) is 1. The fourth-order valence-electron chi connectivity index (χ4n) is 3.81. The van der Waals surface area contributed by atoms with Crippen LogP contribution in [0.3, 0.4) is 0 Å². The number of carbonyl (C=O) groups is 3. The van der Waals surface area contributed by atoms with Gasteiger partial charge in [-0.25, -0.2) is 9.80 Å². The van der Waals surface area contributed by atoms with E-state index in [1.165, 1.54) is 11.3 Å². The maximum Gasteiger partial charge on any atom is 0.325 e. The van der Waals surface area contributed by atoms with Crippen molar-refractivity contribution in [3.63, 3.8) is 0 Å². The van der Waals surface area contributed by atoms with Crippen LogP contribution in [0.15, 0.2) is 62.9 Å². The molecule has 4 amide bonds. The Morgan fingerprint density at radius 2 is 2.03 bits per heavy atom. The Kier molecular flexibility index (Phi) is 4.75. The fraction of sp³-hybridized carbons (Fsp3) is 0.238. The van der Waals surface area contributed by atoms with Crippen molar-refractivity contribution < 1.29 is 18.8 Å². The summed E-state index contributed by atoms with van der Waals surface area (Å²) < 4.78 is 5.34. The number of carbonyl (C=O) groups excluding carboxylic acids is 3. The molecule has 5 heterocycles. The summed E-state index contributed by atoms with van der Waals surface area (Å²) in [5.41, 5.74) is -0.524. The molecular weight excluding hydrogens is 436 g/mol. The molecule has 0 aromatic carbocycles. The molecular formula is C21H18N4O4S2. The van der Waals surface area contributed by atoms with E-state index in [1.54, 1.807) is 41.7 Å².